The first-order valence-electron chi connectivity index (χ1n) is 7.13. The van der Waals surface area contributed by atoms with E-state index < -0.39 is 0 Å². The molecule has 0 radical (unpaired) electrons. The van der Waals surface area contributed by atoms with Gasteiger partial charge in [-0.25, -0.2) is 0 Å². The predicted octanol–water partition coefficient (Wildman–Crippen LogP) is 3.11. The van der Waals surface area contributed by atoms with Crippen molar-refractivity contribution in [3.05, 3.63) is 35.9 Å². The van der Waals surface area contributed by atoms with Crippen LogP contribution in [0.5, 0.6) is 0 Å². The largest absolute Gasteiger partial charge is 0.314 e. The number of nitrogens with one attached hydrogen (secondary N) is 1. The van der Waals surface area contributed by atoms with E-state index >= 15 is 0 Å². The molecule has 2 rings (SSSR count). The fraction of sp³-hybridized carbons (Fsp3) is 0.562. The van der Waals surface area contributed by atoms with Crippen LogP contribution in [0.1, 0.15) is 44.1 Å². The Hall–Kier alpha value is -1.15. The molecule has 0 bridgehead atoms. The lowest BCUT2D eigenvalue weighted by Gasteiger charge is -2.22. The van der Waals surface area contributed by atoms with Crippen LogP contribution in [0.2, 0.25) is 0 Å². The van der Waals surface area contributed by atoms with Gasteiger partial charge in [-0.2, -0.15) is 0 Å². The van der Waals surface area contributed by atoms with Crippen LogP contribution in [0.25, 0.3) is 0 Å². The number of ketones is 1. The van der Waals surface area contributed by atoms with Gasteiger partial charge in [-0.3, -0.25) is 4.79 Å². The van der Waals surface area contributed by atoms with Gasteiger partial charge in [0.2, 0.25) is 0 Å². The molecule has 1 saturated heterocycles. The monoisotopic (exact) mass is 245 g/mol. The summed E-state index contributed by atoms with van der Waals surface area (Å²) in [6, 6.07) is 10.9. The third kappa shape index (κ3) is 4.61. The van der Waals surface area contributed by atoms with E-state index in [4.69, 9.17) is 0 Å². The summed E-state index contributed by atoms with van der Waals surface area (Å²) in [6.45, 7) is 1.13. The maximum atomic E-state index is 11.8. The minimum absolute atomic E-state index is 0.409. The van der Waals surface area contributed by atoms with E-state index in [1.807, 2.05) is 18.2 Å². The molecule has 0 amide bonds. The zero-order chi connectivity index (χ0) is 12.6. The van der Waals surface area contributed by atoms with Crippen LogP contribution in [-0.2, 0) is 11.2 Å². The van der Waals surface area contributed by atoms with Crippen molar-refractivity contribution in [1.82, 2.24) is 5.32 Å². The molecular formula is C16H23NO. The highest BCUT2D eigenvalue weighted by Gasteiger charge is 2.13. The number of Topliss-reactive ketones (excluding diaryl/α,β-unsaturated/α-hetero) is 1. The number of carbonyl (C=O) groups excluding carboxylic acids is 1. The topological polar surface area (TPSA) is 29.1 Å². The Morgan fingerprint density at radius 3 is 2.72 bits per heavy atom. The Morgan fingerprint density at radius 1 is 1.17 bits per heavy atom. The molecule has 1 atom stereocenters. The minimum Gasteiger partial charge on any atom is -0.314 e. The summed E-state index contributed by atoms with van der Waals surface area (Å²) in [5.74, 6) is 0.409. The lowest BCUT2D eigenvalue weighted by Crippen LogP contribution is -2.34. The van der Waals surface area contributed by atoms with Gasteiger partial charge in [0.05, 0.1) is 0 Å². The van der Waals surface area contributed by atoms with Crippen LogP contribution in [0.15, 0.2) is 30.3 Å². The van der Waals surface area contributed by atoms with Crippen molar-refractivity contribution in [3.63, 3.8) is 0 Å². The molecule has 0 aliphatic carbocycles. The van der Waals surface area contributed by atoms with Crippen molar-refractivity contribution < 1.29 is 4.79 Å². The maximum absolute atomic E-state index is 11.8. The van der Waals surface area contributed by atoms with Crippen LogP contribution < -0.4 is 5.32 Å². The highest BCUT2D eigenvalue weighted by atomic mass is 16.1. The van der Waals surface area contributed by atoms with E-state index in [0.717, 1.165) is 25.8 Å². The quantitative estimate of drug-likeness (QED) is 0.834. The van der Waals surface area contributed by atoms with Crippen LogP contribution in [0.3, 0.4) is 0 Å². The molecule has 1 fully saturated rings. The Morgan fingerprint density at radius 2 is 2.00 bits per heavy atom. The summed E-state index contributed by atoms with van der Waals surface area (Å²) in [5, 5.41) is 3.50. The number of carbonyl (C=O) groups is 1. The van der Waals surface area contributed by atoms with Gasteiger partial charge in [0.25, 0.3) is 0 Å². The zero-order valence-electron chi connectivity index (χ0n) is 11.0. The minimum atomic E-state index is 0.409. The van der Waals surface area contributed by atoms with Gasteiger partial charge in [0.15, 0.2) is 0 Å². The number of aryl methyl sites for hydroxylation is 1. The second kappa shape index (κ2) is 7.32. The molecule has 1 heterocycles. The van der Waals surface area contributed by atoms with Crippen molar-refractivity contribution in [2.45, 2.75) is 51.0 Å². The van der Waals surface area contributed by atoms with Crippen molar-refractivity contribution in [1.29, 1.82) is 0 Å². The van der Waals surface area contributed by atoms with E-state index in [1.54, 1.807) is 0 Å². The number of rotatable bonds is 6. The number of hydrogen-bond acceptors (Lipinski definition) is 2. The van der Waals surface area contributed by atoms with Gasteiger partial charge < -0.3 is 5.32 Å². The zero-order valence-corrected chi connectivity index (χ0v) is 11.0. The first kappa shape index (κ1) is 13.3. The van der Waals surface area contributed by atoms with E-state index in [0.29, 0.717) is 18.2 Å². The molecule has 18 heavy (non-hydrogen) atoms. The molecule has 98 valence electrons. The average molecular weight is 245 g/mol. The fourth-order valence-corrected chi connectivity index (χ4v) is 2.56. The number of benzene rings is 1. The van der Waals surface area contributed by atoms with Crippen LogP contribution in [0, 0.1) is 0 Å². The first-order valence-corrected chi connectivity index (χ1v) is 7.13. The highest BCUT2D eigenvalue weighted by Crippen LogP contribution is 2.13. The van der Waals surface area contributed by atoms with Gasteiger partial charge in [-0.05, 0) is 37.8 Å². The SMILES string of the molecule is O=C(CCc1ccccc1)CCC1CCCCN1. The van der Waals surface area contributed by atoms with Crippen molar-refractivity contribution in [3.8, 4) is 0 Å². The summed E-state index contributed by atoms with van der Waals surface area (Å²) in [6.07, 6.45) is 7.19. The fourth-order valence-electron chi connectivity index (χ4n) is 2.56. The molecule has 1 aromatic carbocycles. The Bertz CT molecular complexity index is 355. The molecule has 1 aliphatic rings. The molecule has 1 unspecified atom stereocenters. The van der Waals surface area contributed by atoms with Gasteiger partial charge in [-0.1, -0.05) is 36.8 Å². The molecular weight excluding hydrogens is 222 g/mol. The maximum Gasteiger partial charge on any atom is 0.133 e. The molecule has 0 spiro atoms. The standard InChI is InChI=1S/C16H23NO/c18-16(11-9-14-6-2-1-3-7-14)12-10-15-8-4-5-13-17-15/h1-3,6-7,15,17H,4-5,8-13H2. The molecule has 1 N–H and O–H groups in total. The predicted molar refractivity (Wildman–Crippen MR) is 74.6 cm³/mol. The summed E-state index contributed by atoms with van der Waals surface area (Å²) in [5.41, 5.74) is 1.27. The lowest BCUT2D eigenvalue weighted by atomic mass is 9.97. The summed E-state index contributed by atoms with van der Waals surface area (Å²) in [4.78, 5) is 11.8. The van der Waals surface area contributed by atoms with Crippen LogP contribution in [-0.4, -0.2) is 18.4 Å². The molecule has 2 heteroatoms. The van der Waals surface area contributed by atoms with Gasteiger partial charge in [0.1, 0.15) is 5.78 Å². The van der Waals surface area contributed by atoms with Gasteiger partial charge in [0, 0.05) is 18.9 Å². The molecule has 1 aliphatic heterocycles. The van der Waals surface area contributed by atoms with E-state index in [-0.39, 0.29) is 0 Å². The Labute approximate surface area is 110 Å². The normalized spacial score (nSPS) is 19.7. The van der Waals surface area contributed by atoms with Gasteiger partial charge in [-0.15, -0.1) is 0 Å². The van der Waals surface area contributed by atoms with Crippen molar-refractivity contribution >= 4 is 5.78 Å². The summed E-state index contributed by atoms with van der Waals surface area (Å²) < 4.78 is 0. The highest BCUT2D eigenvalue weighted by molar-refractivity contribution is 5.78. The van der Waals surface area contributed by atoms with E-state index in [1.165, 1.54) is 24.8 Å². The third-order valence-electron chi connectivity index (χ3n) is 3.72. The molecule has 2 nitrogen and oxygen atoms in total. The lowest BCUT2D eigenvalue weighted by molar-refractivity contribution is -0.119. The van der Waals surface area contributed by atoms with Gasteiger partial charge >= 0.3 is 0 Å². The first-order chi connectivity index (χ1) is 8.84. The summed E-state index contributed by atoms with van der Waals surface area (Å²) >= 11 is 0. The van der Waals surface area contributed by atoms with Crippen LogP contribution in [0.4, 0.5) is 0 Å². The number of hydrogen-bond donors (Lipinski definition) is 1. The molecule has 0 saturated carbocycles. The van der Waals surface area contributed by atoms with E-state index in [9.17, 15) is 4.79 Å². The third-order valence-corrected chi connectivity index (χ3v) is 3.72. The number of piperidine rings is 1. The second-order valence-corrected chi connectivity index (χ2v) is 5.21. The van der Waals surface area contributed by atoms with Crippen molar-refractivity contribution in [2.24, 2.45) is 0 Å². The van der Waals surface area contributed by atoms with Crippen molar-refractivity contribution in [2.75, 3.05) is 6.54 Å². The van der Waals surface area contributed by atoms with Crippen LogP contribution >= 0.6 is 0 Å². The summed E-state index contributed by atoms with van der Waals surface area (Å²) in [7, 11) is 0. The molecule has 1 aromatic rings. The molecule has 0 aromatic heterocycles. The smallest absolute Gasteiger partial charge is 0.133 e. The Balaban J connectivity index is 1.63. The average Bonchev–Trinajstić information content (AvgIpc) is 2.45. The Kier molecular flexibility index (Phi) is 5.40. The second-order valence-electron chi connectivity index (χ2n) is 5.21. The van der Waals surface area contributed by atoms with E-state index in [2.05, 4.69) is 17.4 Å².